The van der Waals surface area contributed by atoms with Gasteiger partial charge in [0.15, 0.2) is 11.6 Å². The fourth-order valence-corrected chi connectivity index (χ4v) is 3.84. The zero-order valence-electron chi connectivity index (χ0n) is 19.5. The molecule has 33 heavy (non-hydrogen) atoms. The summed E-state index contributed by atoms with van der Waals surface area (Å²) >= 11 is 0. The molecule has 1 aliphatic carbocycles. The van der Waals surface area contributed by atoms with Gasteiger partial charge >= 0.3 is 6.09 Å². The molecule has 9 heteroatoms. The molecule has 8 nitrogen and oxygen atoms in total. The van der Waals surface area contributed by atoms with Gasteiger partial charge in [0.1, 0.15) is 11.4 Å². The zero-order chi connectivity index (χ0) is 24.2. The molecule has 0 radical (unpaired) electrons. The molecular weight excluding hydrogens is 425 g/mol. The summed E-state index contributed by atoms with van der Waals surface area (Å²) in [5.41, 5.74) is 6.51. The van der Waals surface area contributed by atoms with E-state index < -0.39 is 23.4 Å². The van der Waals surface area contributed by atoms with E-state index in [1.807, 2.05) is 31.2 Å². The third-order valence-corrected chi connectivity index (χ3v) is 5.31. The number of benzene rings is 1. The molecule has 5 N–H and O–H groups in total. The number of pyridine rings is 1. The fraction of sp³-hybridized carbons (Fsp3) is 0.458. The molecule has 1 aromatic heterocycles. The van der Waals surface area contributed by atoms with Crippen LogP contribution in [0.1, 0.15) is 62.4 Å². The minimum Gasteiger partial charge on any atom is -0.444 e. The van der Waals surface area contributed by atoms with Crippen molar-refractivity contribution >= 4 is 29.3 Å². The van der Waals surface area contributed by atoms with Crippen LogP contribution in [0.25, 0.3) is 0 Å². The number of ether oxygens (including phenoxy) is 1. The van der Waals surface area contributed by atoms with Crippen LogP contribution in [0.5, 0.6) is 0 Å². The lowest BCUT2D eigenvalue weighted by molar-refractivity contribution is 0.0488. The first kappa shape index (κ1) is 24.3. The van der Waals surface area contributed by atoms with E-state index in [1.54, 1.807) is 20.8 Å². The molecular formula is C24H32FN5O3. The van der Waals surface area contributed by atoms with Gasteiger partial charge in [0.2, 0.25) is 0 Å². The monoisotopic (exact) mass is 457 g/mol. The van der Waals surface area contributed by atoms with Crippen LogP contribution in [0.2, 0.25) is 0 Å². The van der Waals surface area contributed by atoms with E-state index in [2.05, 4.69) is 20.9 Å². The molecule has 1 fully saturated rings. The van der Waals surface area contributed by atoms with E-state index in [1.165, 1.54) is 0 Å². The Morgan fingerprint density at radius 1 is 1.12 bits per heavy atom. The van der Waals surface area contributed by atoms with E-state index >= 15 is 0 Å². The van der Waals surface area contributed by atoms with Gasteiger partial charge in [-0.2, -0.15) is 0 Å². The molecule has 2 atom stereocenters. The second-order valence-corrected chi connectivity index (χ2v) is 9.36. The van der Waals surface area contributed by atoms with Crippen molar-refractivity contribution in [1.82, 2.24) is 10.3 Å². The maximum Gasteiger partial charge on any atom is 0.407 e. The standard InChI is InChI=1S/C24H32FN5O3/c1-14-8-7-9-15(12-14)27-21-16(20(26)31)13-17(25)22(30-21)28-18-10-5-6-11-19(18)29-23(32)33-24(2,3)4/h7-9,12-13,18-19H,5-6,10-11H2,1-4H3,(H2,26,31)(H,29,32)(H2,27,28,30)/t18-,19+/m1/s1. The fourth-order valence-electron chi connectivity index (χ4n) is 3.84. The number of anilines is 3. The van der Waals surface area contributed by atoms with Crippen molar-refractivity contribution in [2.24, 2.45) is 5.73 Å². The van der Waals surface area contributed by atoms with Crippen molar-refractivity contribution in [2.75, 3.05) is 10.6 Å². The number of alkyl carbamates (subject to hydrolysis) is 1. The summed E-state index contributed by atoms with van der Waals surface area (Å²) in [6.07, 6.45) is 2.81. The SMILES string of the molecule is Cc1cccc(Nc2nc(N[C@@H]3CCCC[C@@H]3NC(=O)OC(C)(C)C)c(F)cc2C(N)=O)c1. The molecule has 0 unspecified atom stereocenters. The van der Waals surface area contributed by atoms with Gasteiger partial charge < -0.3 is 26.4 Å². The number of nitrogens with one attached hydrogen (secondary N) is 3. The number of aromatic nitrogens is 1. The summed E-state index contributed by atoms with van der Waals surface area (Å²) in [6, 6.07) is 8.07. The Bertz CT molecular complexity index is 1020. The lowest BCUT2D eigenvalue weighted by atomic mass is 9.90. The van der Waals surface area contributed by atoms with Gasteiger partial charge in [-0.1, -0.05) is 25.0 Å². The van der Waals surface area contributed by atoms with Crippen LogP contribution in [0.15, 0.2) is 30.3 Å². The Morgan fingerprint density at radius 2 is 1.82 bits per heavy atom. The number of nitrogens with zero attached hydrogens (tertiary/aromatic N) is 1. The molecule has 1 saturated carbocycles. The van der Waals surface area contributed by atoms with Crippen molar-refractivity contribution in [3.8, 4) is 0 Å². The highest BCUT2D eigenvalue weighted by Crippen LogP contribution is 2.27. The van der Waals surface area contributed by atoms with Crippen molar-refractivity contribution < 1.29 is 18.7 Å². The van der Waals surface area contributed by atoms with Gasteiger partial charge in [-0.05, 0) is 64.3 Å². The third kappa shape index (κ3) is 6.81. The number of aryl methyl sites for hydroxylation is 1. The van der Waals surface area contributed by atoms with Crippen LogP contribution in [0, 0.1) is 12.7 Å². The second-order valence-electron chi connectivity index (χ2n) is 9.36. The second kappa shape index (κ2) is 10.1. The maximum absolute atomic E-state index is 14.9. The normalized spacial score (nSPS) is 18.3. The summed E-state index contributed by atoms with van der Waals surface area (Å²) in [6.45, 7) is 7.33. The lowest BCUT2D eigenvalue weighted by Crippen LogP contribution is -2.50. The first-order valence-electron chi connectivity index (χ1n) is 11.1. The van der Waals surface area contributed by atoms with Gasteiger partial charge in [-0.15, -0.1) is 0 Å². The minimum atomic E-state index is -0.787. The van der Waals surface area contributed by atoms with Crippen molar-refractivity contribution in [3.05, 3.63) is 47.3 Å². The van der Waals surface area contributed by atoms with E-state index in [4.69, 9.17) is 10.5 Å². The third-order valence-electron chi connectivity index (χ3n) is 5.31. The first-order chi connectivity index (χ1) is 15.5. The molecule has 1 aromatic carbocycles. The predicted octanol–water partition coefficient (Wildman–Crippen LogP) is 4.62. The largest absolute Gasteiger partial charge is 0.444 e. The minimum absolute atomic E-state index is 0.0157. The molecule has 0 bridgehead atoms. The maximum atomic E-state index is 14.9. The van der Waals surface area contributed by atoms with Crippen LogP contribution in [0.4, 0.5) is 26.5 Å². The average molecular weight is 458 g/mol. The van der Waals surface area contributed by atoms with E-state index in [0.717, 1.165) is 37.3 Å². The molecule has 1 aliphatic rings. The highest BCUT2D eigenvalue weighted by molar-refractivity contribution is 5.98. The molecule has 0 saturated heterocycles. The molecule has 1 heterocycles. The Hall–Kier alpha value is -3.36. The van der Waals surface area contributed by atoms with Crippen LogP contribution >= 0.6 is 0 Å². The number of carbonyl (C=O) groups excluding carboxylic acids is 2. The smallest absolute Gasteiger partial charge is 0.407 e. The summed E-state index contributed by atoms with van der Waals surface area (Å²) in [4.78, 5) is 28.5. The highest BCUT2D eigenvalue weighted by Gasteiger charge is 2.30. The number of halogens is 1. The van der Waals surface area contributed by atoms with Crippen LogP contribution < -0.4 is 21.7 Å². The van der Waals surface area contributed by atoms with E-state index in [9.17, 15) is 14.0 Å². The van der Waals surface area contributed by atoms with Gasteiger partial charge in [-0.3, -0.25) is 4.79 Å². The molecule has 2 amide bonds. The summed E-state index contributed by atoms with van der Waals surface area (Å²) < 4.78 is 20.3. The zero-order valence-corrected chi connectivity index (χ0v) is 19.5. The number of carbonyl (C=O) groups is 2. The lowest BCUT2D eigenvalue weighted by Gasteiger charge is -2.34. The van der Waals surface area contributed by atoms with Gasteiger partial charge in [-0.25, -0.2) is 14.2 Å². The Kier molecular flexibility index (Phi) is 7.40. The molecule has 0 aliphatic heterocycles. The molecule has 3 rings (SSSR count). The summed E-state index contributed by atoms with van der Waals surface area (Å²) in [5.74, 6) is -1.34. The van der Waals surface area contributed by atoms with Crippen LogP contribution in [-0.4, -0.2) is 34.7 Å². The number of rotatable bonds is 6. The average Bonchev–Trinajstić information content (AvgIpc) is 2.70. The number of nitrogens with two attached hydrogens (primary N) is 1. The summed E-state index contributed by atoms with van der Waals surface area (Å²) in [7, 11) is 0. The Morgan fingerprint density at radius 3 is 2.45 bits per heavy atom. The number of primary amides is 1. The van der Waals surface area contributed by atoms with Crippen molar-refractivity contribution in [1.29, 1.82) is 0 Å². The highest BCUT2D eigenvalue weighted by atomic mass is 19.1. The summed E-state index contributed by atoms with van der Waals surface area (Å²) in [5, 5.41) is 9.07. The predicted molar refractivity (Wildman–Crippen MR) is 126 cm³/mol. The van der Waals surface area contributed by atoms with E-state index in [-0.39, 0.29) is 29.3 Å². The van der Waals surface area contributed by atoms with Crippen LogP contribution in [0.3, 0.4) is 0 Å². The Labute approximate surface area is 193 Å². The van der Waals surface area contributed by atoms with Gasteiger partial charge in [0, 0.05) is 11.7 Å². The first-order valence-corrected chi connectivity index (χ1v) is 11.1. The topological polar surface area (TPSA) is 118 Å². The number of hydrogen-bond acceptors (Lipinski definition) is 6. The number of hydrogen-bond donors (Lipinski definition) is 4. The van der Waals surface area contributed by atoms with Crippen molar-refractivity contribution in [3.63, 3.8) is 0 Å². The van der Waals surface area contributed by atoms with Gasteiger partial charge in [0.05, 0.1) is 11.6 Å². The van der Waals surface area contributed by atoms with E-state index in [0.29, 0.717) is 5.69 Å². The number of amides is 2. The molecule has 178 valence electrons. The quantitative estimate of drug-likeness (QED) is 0.503. The molecule has 0 spiro atoms. The molecule has 2 aromatic rings. The van der Waals surface area contributed by atoms with Gasteiger partial charge in [0.25, 0.3) is 5.91 Å². The van der Waals surface area contributed by atoms with Crippen LogP contribution in [-0.2, 0) is 4.74 Å². The van der Waals surface area contributed by atoms with Crippen molar-refractivity contribution in [2.45, 2.75) is 71.1 Å². The Balaban J connectivity index is 1.83.